The SMILES string of the molecule is CCc1cnc(CCNC(=NC)N2CCC3(CCOC3)C2)s1. The summed E-state index contributed by atoms with van der Waals surface area (Å²) in [6.07, 6.45) is 6.45. The Balaban J connectivity index is 1.48. The lowest BCUT2D eigenvalue weighted by molar-refractivity contribution is 0.156. The number of ether oxygens (including phenoxy) is 1. The van der Waals surface area contributed by atoms with Crippen LogP contribution in [-0.2, 0) is 17.6 Å². The molecule has 1 spiro atoms. The average molecular weight is 322 g/mol. The van der Waals surface area contributed by atoms with E-state index in [4.69, 9.17) is 4.74 Å². The van der Waals surface area contributed by atoms with Gasteiger partial charge in [-0.1, -0.05) is 6.92 Å². The van der Waals surface area contributed by atoms with Gasteiger partial charge in [-0.25, -0.2) is 4.98 Å². The van der Waals surface area contributed by atoms with Crippen LogP contribution in [0.3, 0.4) is 0 Å². The van der Waals surface area contributed by atoms with E-state index in [1.165, 1.54) is 22.7 Å². The highest BCUT2D eigenvalue weighted by Crippen LogP contribution is 2.38. The molecule has 2 fully saturated rings. The van der Waals surface area contributed by atoms with Crippen LogP contribution in [0.25, 0.3) is 0 Å². The van der Waals surface area contributed by atoms with Crippen molar-refractivity contribution in [1.29, 1.82) is 0 Å². The van der Waals surface area contributed by atoms with Crippen molar-refractivity contribution in [3.63, 3.8) is 0 Å². The maximum atomic E-state index is 5.60. The van der Waals surface area contributed by atoms with Gasteiger partial charge in [0, 0.05) is 56.2 Å². The summed E-state index contributed by atoms with van der Waals surface area (Å²) < 4.78 is 5.60. The van der Waals surface area contributed by atoms with Crippen LogP contribution in [-0.4, -0.2) is 55.7 Å². The van der Waals surface area contributed by atoms with E-state index in [-0.39, 0.29) is 0 Å². The zero-order chi connectivity index (χ0) is 15.4. The van der Waals surface area contributed by atoms with Crippen LogP contribution in [0.1, 0.15) is 29.7 Å². The normalized spacial score (nSPS) is 25.4. The molecule has 0 radical (unpaired) electrons. The maximum absolute atomic E-state index is 5.60. The molecule has 3 rings (SSSR count). The number of guanidine groups is 1. The van der Waals surface area contributed by atoms with E-state index in [2.05, 4.69) is 27.1 Å². The third-order valence-electron chi connectivity index (χ3n) is 4.71. The first kappa shape index (κ1) is 15.7. The second kappa shape index (κ2) is 6.96. The van der Waals surface area contributed by atoms with Crippen LogP contribution in [0.5, 0.6) is 0 Å². The quantitative estimate of drug-likeness (QED) is 0.680. The van der Waals surface area contributed by atoms with Crippen molar-refractivity contribution < 1.29 is 4.74 Å². The van der Waals surface area contributed by atoms with Crippen molar-refractivity contribution >= 4 is 17.3 Å². The molecule has 2 aliphatic heterocycles. The molecule has 1 atom stereocenters. The fourth-order valence-electron chi connectivity index (χ4n) is 3.33. The van der Waals surface area contributed by atoms with Crippen molar-refractivity contribution in [2.75, 3.05) is 39.9 Å². The van der Waals surface area contributed by atoms with Crippen LogP contribution in [0.15, 0.2) is 11.2 Å². The summed E-state index contributed by atoms with van der Waals surface area (Å²) in [6, 6.07) is 0. The molecule has 0 bridgehead atoms. The molecule has 0 aliphatic carbocycles. The maximum Gasteiger partial charge on any atom is 0.193 e. The van der Waals surface area contributed by atoms with Gasteiger partial charge in [-0.05, 0) is 19.3 Å². The Hall–Kier alpha value is -1.14. The zero-order valence-corrected chi connectivity index (χ0v) is 14.4. The Bertz CT molecular complexity index is 522. The highest BCUT2D eigenvalue weighted by molar-refractivity contribution is 7.11. The molecule has 1 unspecified atom stereocenters. The van der Waals surface area contributed by atoms with E-state index in [1.807, 2.05) is 24.6 Å². The van der Waals surface area contributed by atoms with Crippen molar-refractivity contribution in [2.45, 2.75) is 32.6 Å². The minimum Gasteiger partial charge on any atom is -0.381 e. The van der Waals surface area contributed by atoms with Gasteiger partial charge in [0.2, 0.25) is 0 Å². The Morgan fingerprint density at radius 1 is 1.55 bits per heavy atom. The molecule has 0 saturated carbocycles. The standard InChI is InChI=1S/C16H26N4OS/c1-3-13-10-19-14(22-13)4-7-18-15(17-2)20-8-5-16(11-20)6-9-21-12-16/h10H,3-9,11-12H2,1-2H3,(H,17,18). The summed E-state index contributed by atoms with van der Waals surface area (Å²) in [4.78, 5) is 12.7. The Kier molecular flexibility index (Phi) is 4.98. The molecule has 1 aromatic rings. The largest absolute Gasteiger partial charge is 0.381 e. The van der Waals surface area contributed by atoms with Crippen molar-refractivity contribution in [1.82, 2.24) is 15.2 Å². The first-order valence-electron chi connectivity index (χ1n) is 8.21. The van der Waals surface area contributed by atoms with E-state index >= 15 is 0 Å². The predicted molar refractivity (Wildman–Crippen MR) is 90.6 cm³/mol. The van der Waals surface area contributed by atoms with Gasteiger partial charge in [0.05, 0.1) is 11.6 Å². The summed E-state index contributed by atoms with van der Waals surface area (Å²) in [6.45, 7) is 7.06. The topological polar surface area (TPSA) is 49.8 Å². The minimum atomic E-state index is 0.378. The highest BCUT2D eigenvalue weighted by atomic mass is 32.1. The monoisotopic (exact) mass is 322 g/mol. The van der Waals surface area contributed by atoms with Gasteiger partial charge < -0.3 is 15.0 Å². The summed E-state index contributed by atoms with van der Waals surface area (Å²) in [7, 11) is 1.87. The minimum absolute atomic E-state index is 0.378. The highest BCUT2D eigenvalue weighted by Gasteiger charge is 2.42. The molecular weight excluding hydrogens is 296 g/mol. The molecule has 2 aliphatic rings. The van der Waals surface area contributed by atoms with Gasteiger partial charge in [-0.15, -0.1) is 11.3 Å². The van der Waals surface area contributed by atoms with E-state index in [0.717, 1.165) is 51.6 Å². The van der Waals surface area contributed by atoms with Gasteiger partial charge in [0.15, 0.2) is 5.96 Å². The summed E-state index contributed by atoms with van der Waals surface area (Å²) in [5.41, 5.74) is 0.378. The number of aromatic nitrogens is 1. The summed E-state index contributed by atoms with van der Waals surface area (Å²) in [5, 5.41) is 4.71. The number of aryl methyl sites for hydroxylation is 1. The lowest BCUT2D eigenvalue weighted by Gasteiger charge is -2.24. The Morgan fingerprint density at radius 3 is 3.14 bits per heavy atom. The van der Waals surface area contributed by atoms with Crippen LogP contribution >= 0.6 is 11.3 Å². The third kappa shape index (κ3) is 3.43. The molecule has 0 aromatic carbocycles. The van der Waals surface area contributed by atoms with Gasteiger partial charge in [-0.2, -0.15) is 0 Å². The van der Waals surface area contributed by atoms with Crippen LogP contribution in [0.4, 0.5) is 0 Å². The number of likely N-dealkylation sites (tertiary alicyclic amines) is 1. The molecular formula is C16H26N4OS. The zero-order valence-electron chi connectivity index (χ0n) is 13.6. The van der Waals surface area contributed by atoms with Gasteiger partial charge in [-0.3, -0.25) is 4.99 Å². The van der Waals surface area contributed by atoms with E-state index in [1.54, 1.807) is 0 Å². The predicted octanol–water partition coefficient (Wildman–Crippen LogP) is 1.94. The van der Waals surface area contributed by atoms with Crippen LogP contribution in [0.2, 0.25) is 0 Å². The van der Waals surface area contributed by atoms with E-state index in [0.29, 0.717) is 5.41 Å². The second-order valence-electron chi connectivity index (χ2n) is 6.27. The lowest BCUT2D eigenvalue weighted by atomic mass is 9.87. The fourth-order valence-corrected chi connectivity index (χ4v) is 4.19. The summed E-state index contributed by atoms with van der Waals surface area (Å²) >= 11 is 1.82. The number of nitrogens with zero attached hydrogens (tertiary/aromatic N) is 3. The first-order chi connectivity index (χ1) is 10.7. The molecule has 2 saturated heterocycles. The Labute approximate surface area is 136 Å². The molecule has 22 heavy (non-hydrogen) atoms. The fraction of sp³-hybridized carbons (Fsp3) is 0.750. The molecule has 5 nitrogen and oxygen atoms in total. The number of nitrogens with one attached hydrogen (secondary N) is 1. The average Bonchev–Trinajstić information content (AvgIpc) is 3.26. The van der Waals surface area contributed by atoms with E-state index in [9.17, 15) is 0 Å². The van der Waals surface area contributed by atoms with E-state index < -0.39 is 0 Å². The van der Waals surface area contributed by atoms with Crippen LogP contribution in [0, 0.1) is 5.41 Å². The van der Waals surface area contributed by atoms with Gasteiger partial charge >= 0.3 is 0 Å². The molecule has 0 amide bonds. The first-order valence-corrected chi connectivity index (χ1v) is 9.03. The number of aliphatic imine (C=N–C) groups is 1. The Morgan fingerprint density at radius 2 is 2.45 bits per heavy atom. The van der Waals surface area contributed by atoms with Gasteiger partial charge in [0.1, 0.15) is 0 Å². The summed E-state index contributed by atoms with van der Waals surface area (Å²) in [5.74, 6) is 1.02. The molecule has 1 N–H and O–H groups in total. The number of hydrogen-bond acceptors (Lipinski definition) is 4. The van der Waals surface area contributed by atoms with Crippen molar-refractivity contribution in [2.24, 2.45) is 10.4 Å². The molecule has 3 heterocycles. The number of hydrogen-bond donors (Lipinski definition) is 1. The lowest BCUT2D eigenvalue weighted by Crippen LogP contribution is -2.42. The second-order valence-corrected chi connectivity index (χ2v) is 7.47. The van der Waals surface area contributed by atoms with Crippen molar-refractivity contribution in [3.05, 3.63) is 16.1 Å². The van der Waals surface area contributed by atoms with Gasteiger partial charge in [0.25, 0.3) is 0 Å². The molecule has 1 aromatic heterocycles. The van der Waals surface area contributed by atoms with Crippen LogP contribution < -0.4 is 5.32 Å². The molecule has 122 valence electrons. The number of thiazole rings is 1. The third-order valence-corrected chi connectivity index (χ3v) is 5.91. The number of rotatable bonds is 4. The van der Waals surface area contributed by atoms with Crippen molar-refractivity contribution in [3.8, 4) is 0 Å². The molecule has 6 heteroatoms. The smallest absolute Gasteiger partial charge is 0.193 e.